The Morgan fingerprint density at radius 3 is 2.53 bits per heavy atom. The third kappa shape index (κ3) is 7.15. The first kappa shape index (κ1) is 16.0. The van der Waals surface area contributed by atoms with Crippen LogP contribution in [-0.2, 0) is 16.1 Å². The van der Waals surface area contributed by atoms with Crippen LogP contribution in [0.4, 0.5) is 0 Å². The third-order valence-corrected chi connectivity index (χ3v) is 2.83. The summed E-state index contributed by atoms with van der Waals surface area (Å²) in [6, 6.07) is 7.95. The van der Waals surface area contributed by atoms with Crippen molar-refractivity contribution in [3.05, 3.63) is 29.8 Å². The maximum atomic E-state index is 5.77. The van der Waals surface area contributed by atoms with Crippen LogP contribution in [0.3, 0.4) is 0 Å². The average molecular weight is 267 g/mol. The van der Waals surface area contributed by atoms with Gasteiger partial charge in [-0.15, -0.1) is 0 Å². The maximum absolute atomic E-state index is 5.77. The molecule has 0 aliphatic heterocycles. The number of rotatable bonds is 10. The molecule has 1 rings (SSSR count). The van der Waals surface area contributed by atoms with Crippen LogP contribution in [0.15, 0.2) is 24.3 Å². The Labute approximate surface area is 116 Å². The highest BCUT2D eigenvalue weighted by molar-refractivity contribution is 5.26. The van der Waals surface area contributed by atoms with Gasteiger partial charge in [-0.25, -0.2) is 0 Å². The van der Waals surface area contributed by atoms with E-state index in [1.54, 1.807) is 14.2 Å². The van der Waals surface area contributed by atoms with Gasteiger partial charge in [0.15, 0.2) is 0 Å². The summed E-state index contributed by atoms with van der Waals surface area (Å²) in [5, 5.41) is 3.35. The highest BCUT2D eigenvalue weighted by Crippen LogP contribution is 2.12. The van der Waals surface area contributed by atoms with Crippen molar-refractivity contribution in [1.82, 2.24) is 5.32 Å². The second-order valence-corrected chi connectivity index (χ2v) is 4.52. The lowest BCUT2D eigenvalue weighted by atomic mass is 10.2. The van der Waals surface area contributed by atoms with Gasteiger partial charge in [0.1, 0.15) is 5.75 Å². The Balaban J connectivity index is 2.13. The van der Waals surface area contributed by atoms with Gasteiger partial charge >= 0.3 is 0 Å². The zero-order chi connectivity index (χ0) is 13.9. The summed E-state index contributed by atoms with van der Waals surface area (Å²) in [6.45, 7) is 5.33. The molecule has 4 nitrogen and oxygen atoms in total. The van der Waals surface area contributed by atoms with Crippen LogP contribution >= 0.6 is 0 Å². The van der Waals surface area contributed by atoms with E-state index in [-0.39, 0.29) is 6.10 Å². The molecule has 19 heavy (non-hydrogen) atoms. The highest BCUT2D eigenvalue weighted by atomic mass is 16.5. The first-order chi connectivity index (χ1) is 9.26. The SMILES string of the molecule is COCCCNCC(C)OCc1ccc(OC)cc1. The molecular weight excluding hydrogens is 242 g/mol. The monoisotopic (exact) mass is 267 g/mol. The smallest absolute Gasteiger partial charge is 0.118 e. The van der Waals surface area contributed by atoms with Crippen molar-refractivity contribution in [2.24, 2.45) is 0 Å². The summed E-state index contributed by atoms with van der Waals surface area (Å²) in [4.78, 5) is 0. The second-order valence-electron chi connectivity index (χ2n) is 4.52. The standard InChI is InChI=1S/C15H25NO3/c1-13(11-16-9-4-10-17-2)19-12-14-5-7-15(18-3)8-6-14/h5-8,13,16H,4,9-12H2,1-3H3. The molecule has 1 aromatic rings. The van der Waals surface area contributed by atoms with Crippen molar-refractivity contribution < 1.29 is 14.2 Å². The zero-order valence-corrected chi connectivity index (χ0v) is 12.1. The van der Waals surface area contributed by atoms with E-state index in [9.17, 15) is 0 Å². The molecule has 0 spiro atoms. The lowest BCUT2D eigenvalue weighted by Gasteiger charge is -2.14. The van der Waals surface area contributed by atoms with E-state index >= 15 is 0 Å². The number of methoxy groups -OCH3 is 2. The van der Waals surface area contributed by atoms with Crippen molar-refractivity contribution in [2.45, 2.75) is 26.1 Å². The topological polar surface area (TPSA) is 39.7 Å². The quantitative estimate of drug-likeness (QED) is 0.660. The number of ether oxygens (including phenoxy) is 3. The number of nitrogens with one attached hydrogen (secondary N) is 1. The molecule has 0 aliphatic rings. The summed E-state index contributed by atoms with van der Waals surface area (Å²) in [5.74, 6) is 0.872. The minimum absolute atomic E-state index is 0.199. The Bertz CT molecular complexity index is 327. The fraction of sp³-hybridized carbons (Fsp3) is 0.600. The minimum atomic E-state index is 0.199. The molecular formula is C15H25NO3. The van der Waals surface area contributed by atoms with Gasteiger partial charge in [0, 0.05) is 20.3 Å². The van der Waals surface area contributed by atoms with E-state index in [2.05, 4.69) is 12.2 Å². The summed E-state index contributed by atoms with van der Waals surface area (Å²) >= 11 is 0. The molecule has 0 heterocycles. The first-order valence-corrected chi connectivity index (χ1v) is 6.70. The second kappa shape index (κ2) is 9.78. The maximum Gasteiger partial charge on any atom is 0.118 e. The zero-order valence-electron chi connectivity index (χ0n) is 12.1. The van der Waals surface area contributed by atoms with Gasteiger partial charge in [-0.1, -0.05) is 12.1 Å². The number of benzene rings is 1. The van der Waals surface area contributed by atoms with E-state index in [1.807, 2.05) is 24.3 Å². The minimum Gasteiger partial charge on any atom is -0.497 e. The fourth-order valence-corrected chi connectivity index (χ4v) is 1.67. The van der Waals surface area contributed by atoms with Gasteiger partial charge in [-0.2, -0.15) is 0 Å². The molecule has 0 saturated carbocycles. The summed E-state index contributed by atoms with van der Waals surface area (Å²) < 4.78 is 15.9. The lowest BCUT2D eigenvalue weighted by molar-refractivity contribution is 0.0529. The molecule has 0 fully saturated rings. The largest absolute Gasteiger partial charge is 0.497 e. The third-order valence-electron chi connectivity index (χ3n) is 2.83. The van der Waals surface area contributed by atoms with Crippen molar-refractivity contribution in [3.8, 4) is 5.75 Å². The Morgan fingerprint density at radius 2 is 1.89 bits per heavy atom. The van der Waals surface area contributed by atoms with Gasteiger partial charge in [-0.3, -0.25) is 0 Å². The summed E-state index contributed by atoms with van der Waals surface area (Å²) in [6.07, 6.45) is 1.23. The van der Waals surface area contributed by atoms with Gasteiger partial charge in [-0.05, 0) is 37.6 Å². The predicted octanol–water partition coefficient (Wildman–Crippen LogP) is 2.23. The van der Waals surface area contributed by atoms with Crippen LogP contribution in [-0.4, -0.2) is 40.0 Å². The van der Waals surface area contributed by atoms with Crippen molar-refractivity contribution in [2.75, 3.05) is 33.9 Å². The van der Waals surface area contributed by atoms with Crippen molar-refractivity contribution in [1.29, 1.82) is 0 Å². The van der Waals surface area contributed by atoms with Crippen molar-refractivity contribution >= 4 is 0 Å². The lowest BCUT2D eigenvalue weighted by Crippen LogP contribution is -2.28. The van der Waals surface area contributed by atoms with Crippen LogP contribution < -0.4 is 10.1 Å². The van der Waals surface area contributed by atoms with Gasteiger partial charge < -0.3 is 19.5 Å². The molecule has 0 aliphatic carbocycles. The van der Waals surface area contributed by atoms with Gasteiger partial charge in [0.05, 0.1) is 19.8 Å². The fourth-order valence-electron chi connectivity index (χ4n) is 1.67. The molecule has 0 radical (unpaired) electrons. The molecule has 1 aromatic carbocycles. The number of hydrogen-bond donors (Lipinski definition) is 1. The van der Waals surface area contributed by atoms with E-state index in [4.69, 9.17) is 14.2 Å². The Hall–Kier alpha value is -1.10. The van der Waals surface area contributed by atoms with Crippen molar-refractivity contribution in [3.63, 3.8) is 0 Å². The normalized spacial score (nSPS) is 12.4. The van der Waals surface area contributed by atoms with E-state index in [1.165, 1.54) is 0 Å². The Kier molecular flexibility index (Phi) is 8.21. The molecule has 0 bridgehead atoms. The van der Waals surface area contributed by atoms with Crippen LogP contribution in [0.1, 0.15) is 18.9 Å². The number of hydrogen-bond acceptors (Lipinski definition) is 4. The van der Waals surface area contributed by atoms with Gasteiger partial charge in [0.2, 0.25) is 0 Å². The molecule has 1 N–H and O–H groups in total. The molecule has 1 unspecified atom stereocenters. The molecule has 0 amide bonds. The van der Waals surface area contributed by atoms with Crippen LogP contribution in [0.25, 0.3) is 0 Å². The predicted molar refractivity (Wildman–Crippen MR) is 76.6 cm³/mol. The van der Waals surface area contributed by atoms with Crippen LogP contribution in [0.5, 0.6) is 5.75 Å². The van der Waals surface area contributed by atoms with E-state index in [0.29, 0.717) is 6.61 Å². The summed E-state index contributed by atoms with van der Waals surface area (Å²) in [7, 11) is 3.39. The van der Waals surface area contributed by atoms with Crippen LogP contribution in [0, 0.1) is 0 Å². The molecule has 1 atom stereocenters. The van der Waals surface area contributed by atoms with Gasteiger partial charge in [0.25, 0.3) is 0 Å². The molecule has 0 aromatic heterocycles. The van der Waals surface area contributed by atoms with E-state index in [0.717, 1.165) is 37.4 Å². The molecule has 4 heteroatoms. The Morgan fingerprint density at radius 1 is 1.16 bits per heavy atom. The van der Waals surface area contributed by atoms with E-state index < -0.39 is 0 Å². The molecule has 108 valence electrons. The highest BCUT2D eigenvalue weighted by Gasteiger charge is 2.02. The average Bonchev–Trinajstić information content (AvgIpc) is 2.45. The summed E-state index contributed by atoms with van der Waals surface area (Å²) in [5.41, 5.74) is 1.16. The molecule has 0 saturated heterocycles. The first-order valence-electron chi connectivity index (χ1n) is 6.70. The van der Waals surface area contributed by atoms with Crippen LogP contribution in [0.2, 0.25) is 0 Å².